The molecule has 0 fully saturated rings. The van der Waals surface area contributed by atoms with Gasteiger partial charge >= 0.3 is 0 Å². The lowest BCUT2D eigenvalue weighted by Crippen LogP contribution is -2.21. The molecule has 1 aromatic heterocycles. The molecule has 2 aromatic rings. The molecule has 0 radical (unpaired) electrons. The van der Waals surface area contributed by atoms with E-state index in [2.05, 4.69) is 11.6 Å². The smallest absolute Gasteiger partial charge is 0.262 e. The molecule has 0 unspecified atom stereocenters. The van der Waals surface area contributed by atoms with Crippen LogP contribution >= 0.6 is 35.4 Å². The summed E-state index contributed by atoms with van der Waals surface area (Å²) in [5.41, 5.74) is 0.277. The molecule has 17 heavy (non-hydrogen) atoms. The minimum Gasteiger partial charge on any atom is -0.330 e. The van der Waals surface area contributed by atoms with E-state index in [1.165, 1.54) is 4.57 Å². The first-order chi connectivity index (χ1) is 8.04. The maximum atomic E-state index is 12.2. The first-order valence-corrected chi connectivity index (χ1v) is 5.94. The summed E-state index contributed by atoms with van der Waals surface area (Å²) in [5, 5.41) is 1.20. The average Bonchev–Trinajstić information content (AvgIpc) is 2.26. The number of allylic oxidation sites excluding steroid dienone is 1. The van der Waals surface area contributed by atoms with Crippen molar-refractivity contribution in [2.24, 2.45) is 0 Å². The van der Waals surface area contributed by atoms with E-state index in [1.54, 1.807) is 18.2 Å². The molecule has 1 heterocycles. The first-order valence-electron chi connectivity index (χ1n) is 4.77. The van der Waals surface area contributed by atoms with Gasteiger partial charge in [-0.15, -0.1) is 6.58 Å². The molecule has 88 valence electrons. The summed E-state index contributed by atoms with van der Waals surface area (Å²) in [7, 11) is 0. The van der Waals surface area contributed by atoms with Gasteiger partial charge < -0.3 is 4.98 Å². The third-order valence-corrected chi connectivity index (χ3v) is 3.16. The molecule has 0 aliphatic carbocycles. The molecule has 6 heteroatoms. The quantitative estimate of drug-likeness (QED) is 0.677. The van der Waals surface area contributed by atoms with Crippen molar-refractivity contribution in [2.75, 3.05) is 0 Å². The molecule has 0 atom stereocenters. The van der Waals surface area contributed by atoms with Gasteiger partial charge in [0.15, 0.2) is 4.77 Å². The van der Waals surface area contributed by atoms with Gasteiger partial charge in [-0.25, -0.2) is 0 Å². The standard InChI is InChI=1S/C11H8Cl2N2OS/c1-2-3-15-10(16)7-4-6(12)5-8(13)9(7)14-11(15)17/h2,4-5H,1,3H2,(H,14,17). The predicted octanol–water partition coefficient (Wildman–Crippen LogP) is 3.55. The Labute approximate surface area is 112 Å². The Morgan fingerprint density at radius 2 is 2.18 bits per heavy atom. The van der Waals surface area contributed by atoms with Crippen molar-refractivity contribution in [1.29, 1.82) is 0 Å². The molecular formula is C11H8Cl2N2OS. The second-order valence-electron chi connectivity index (χ2n) is 3.44. The molecule has 2 rings (SSSR count). The minimum atomic E-state index is -0.229. The molecule has 0 saturated heterocycles. The Morgan fingerprint density at radius 1 is 1.47 bits per heavy atom. The van der Waals surface area contributed by atoms with Crippen LogP contribution in [-0.2, 0) is 6.54 Å². The monoisotopic (exact) mass is 286 g/mol. The fraction of sp³-hybridized carbons (Fsp3) is 0.0909. The van der Waals surface area contributed by atoms with Crippen LogP contribution in [0, 0.1) is 4.77 Å². The number of aromatic nitrogens is 2. The van der Waals surface area contributed by atoms with Crippen LogP contribution in [0.5, 0.6) is 0 Å². The second-order valence-corrected chi connectivity index (χ2v) is 4.68. The van der Waals surface area contributed by atoms with Crippen LogP contribution in [0.1, 0.15) is 0 Å². The summed E-state index contributed by atoms with van der Waals surface area (Å²) >= 11 is 17.0. The molecule has 0 spiro atoms. The van der Waals surface area contributed by atoms with Gasteiger partial charge in [-0.3, -0.25) is 9.36 Å². The van der Waals surface area contributed by atoms with Crippen LogP contribution in [-0.4, -0.2) is 9.55 Å². The number of nitrogens with zero attached hydrogens (tertiary/aromatic N) is 1. The Balaban J connectivity index is 2.97. The Bertz CT molecular complexity index is 718. The van der Waals surface area contributed by atoms with Crippen LogP contribution in [0.25, 0.3) is 10.9 Å². The maximum Gasteiger partial charge on any atom is 0.262 e. The summed E-state index contributed by atoms with van der Waals surface area (Å²) in [5.74, 6) is 0. The second kappa shape index (κ2) is 4.64. The predicted molar refractivity (Wildman–Crippen MR) is 73.6 cm³/mol. The Morgan fingerprint density at radius 3 is 2.82 bits per heavy atom. The van der Waals surface area contributed by atoms with Crippen molar-refractivity contribution in [2.45, 2.75) is 6.54 Å². The molecule has 1 aromatic carbocycles. The Kier molecular flexibility index (Phi) is 3.38. The molecule has 0 bridgehead atoms. The number of halogens is 2. The lowest BCUT2D eigenvalue weighted by atomic mass is 10.2. The van der Waals surface area contributed by atoms with E-state index in [4.69, 9.17) is 35.4 Å². The van der Waals surface area contributed by atoms with Crippen molar-refractivity contribution in [3.8, 4) is 0 Å². The number of H-pyrrole nitrogens is 1. The molecule has 3 nitrogen and oxygen atoms in total. The van der Waals surface area contributed by atoms with Crippen molar-refractivity contribution in [3.05, 3.63) is 50.0 Å². The highest BCUT2D eigenvalue weighted by Gasteiger charge is 2.08. The Hall–Kier alpha value is -1.10. The summed E-state index contributed by atoms with van der Waals surface area (Å²) in [4.78, 5) is 15.1. The zero-order valence-corrected chi connectivity index (χ0v) is 11.0. The van der Waals surface area contributed by atoms with E-state index in [-0.39, 0.29) is 5.56 Å². The molecule has 1 N–H and O–H groups in total. The molecular weight excluding hydrogens is 279 g/mol. The molecule has 0 aliphatic heterocycles. The largest absolute Gasteiger partial charge is 0.330 e. The number of nitrogens with one attached hydrogen (secondary N) is 1. The van der Waals surface area contributed by atoms with Crippen LogP contribution in [0.3, 0.4) is 0 Å². The summed E-state index contributed by atoms with van der Waals surface area (Å²) in [6, 6.07) is 3.13. The number of hydrogen-bond donors (Lipinski definition) is 1. The summed E-state index contributed by atoms with van der Waals surface area (Å²) < 4.78 is 1.71. The topological polar surface area (TPSA) is 37.8 Å². The number of hydrogen-bond acceptors (Lipinski definition) is 2. The fourth-order valence-electron chi connectivity index (χ4n) is 1.58. The van der Waals surface area contributed by atoms with E-state index >= 15 is 0 Å². The number of rotatable bonds is 2. The van der Waals surface area contributed by atoms with E-state index in [1.807, 2.05) is 0 Å². The minimum absolute atomic E-state index is 0.229. The van der Waals surface area contributed by atoms with Crippen molar-refractivity contribution < 1.29 is 0 Å². The van der Waals surface area contributed by atoms with Gasteiger partial charge in [0.05, 0.1) is 15.9 Å². The lowest BCUT2D eigenvalue weighted by molar-refractivity contribution is 0.753. The summed E-state index contributed by atoms with van der Waals surface area (Å²) in [6.07, 6.45) is 1.60. The van der Waals surface area contributed by atoms with Gasteiger partial charge in [0.25, 0.3) is 5.56 Å². The van der Waals surface area contributed by atoms with E-state index in [9.17, 15) is 4.79 Å². The van der Waals surface area contributed by atoms with Crippen LogP contribution < -0.4 is 5.56 Å². The number of fused-ring (bicyclic) bond motifs is 1. The van der Waals surface area contributed by atoms with Gasteiger partial charge in [0, 0.05) is 11.6 Å². The zero-order chi connectivity index (χ0) is 12.6. The molecule has 0 amide bonds. The van der Waals surface area contributed by atoms with Gasteiger partial charge in [-0.1, -0.05) is 29.3 Å². The third-order valence-electron chi connectivity index (χ3n) is 2.32. The lowest BCUT2D eigenvalue weighted by Gasteiger charge is -2.07. The van der Waals surface area contributed by atoms with Gasteiger partial charge in [-0.2, -0.15) is 0 Å². The highest BCUT2D eigenvalue weighted by Crippen LogP contribution is 2.24. The van der Waals surface area contributed by atoms with Crippen LogP contribution in [0.2, 0.25) is 10.0 Å². The van der Waals surface area contributed by atoms with Crippen molar-refractivity contribution in [1.82, 2.24) is 9.55 Å². The highest BCUT2D eigenvalue weighted by atomic mass is 35.5. The van der Waals surface area contributed by atoms with E-state index < -0.39 is 0 Å². The normalized spacial score (nSPS) is 10.7. The fourth-order valence-corrected chi connectivity index (χ4v) is 2.38. The van der Waals surface area contributed by atoms with Gasteiger partial charge in [0.1, 0.15) is 0 Å². The molecule has 0 saturated carbocycles. The van der Waals surface area contributed by atoms with Crippen LogP contribution in [0.4, 0.5) is 0 Å². The van der Waals surface area contributed by atoms with Gasteiger partial charge in [0.2, 0.25) is 0 Å². The van der Waals surface area contributed by atoms with E-state index in [0.29, 0.717) is 32.3 Å². The summed E-state index contributed by atoms with van der Waals surface area (Å²) in [6.45, 7) is 3.92. The SMILES string of the molecule is C=CCn1c(=S)[nH]c2c(Cl)cc(Cl)cc2c1=O. The third kappa shape index (κ3) is 2.16. The van der Waals surface area contributed by atoms with Crippen molar-refractivity contribution in [3.63, 3.8) is 0 Å². The van der Waals surface area contributed by atoms with Gasteiger partial charge in [-0.05, 0) is 24.4 Å². The van der Waals surface area contributed by atoms with E-state index in [0.717, 1.165) is 0 Å². The van der Waals surface area contributed by atoms with Crippen LogP contribution in [0.15, 0.2) is 29.6 Å². The zero-order valence-electron chi connectivity index (χ0n) is 8.67. The number of benzene rings is 1. The first kappa shape index (κ1) is 12.4. The molecule has 0 aliphatic rings. The average molecular weight is 287 g/mol. The van der Waals surface area contributed by atoms with Crippen molar-refractivity contribution >= 4 is 46.3 Å². The number of aromatic amines is 1. The highest BCUT2D eigenvalue weighted by molar-refractivity contribution is 7.71. The maximum absolute atomic E-state index is 12.2.